The third-order valence-electron chi connectivity index (χ3n) is 3.08. The zero-order valence-corrected chi connectivity index (χ0v) is 12.4. The first kappa shape index (κ1) is 15.5. The molecule has 1 aromatic carbocycles. The van der Waals surface area contributed by atoms with Gasteiger partial charge in [-0.25, -0.2) is 13.1 Å². The van der Waals surface area contributed by atoms with Gasteiger partial charge in [0.05, 0.1) is 11.4 Å². The standard InChI is InChI=1S/C13H17N3O4S/c1-2-14-13(18)8-15-21(19,20)10-4-5-11-9(7-10)3-6-12(17)16-11/h4-5,7,15H,2-3,6,8H2,1H3,(H,14,18)(H,16,17). The summed E-state index contributed by atoms with van der Waals surface area (Å²) in [6, 6.07) is 4.49. The first-order chi connectivity index (χ1) is 9.92. The Hall–Kier alpha value is -1.93. The average molecular weight is 311 g/mol. The fourth-order valence-corrected chi connectivity index (χ4v) is 3.06. The van der Waals surface area contributed by atoms with Crippen LogP contribution < -0.4 is 15.4 Å². The van der Waals surface area contributed by atoms with Crippen LogP contribution in [0.25, 0.3) is 0 Å². The number of aryl methyl sites for hydroxylation is 1. The Balaban J connectivity index is 2.14. The molecule has 8 heteroatoms. The number of rotatable bonds is 5. The lowest BCUT2D eigenvalue weighted by Crippen LogP contribution is -2.36. The normalized spacial score (nSPS) is 14.2. The van der Waals surface area contributed by atoms with Crippen LogP contribution in [-0.4, -0.2) is 33.3 Å². The van der Waals surface area contributed by atoms with Gasteiger partial charge in [0.15, 0.2) is 0 Å². The smallest absolute Gasteiger partial charge is 0.241 e. The lowest BCUT2D eigenvalue weighted by Gasteiger charge is -2.17. The first-order valence-electron chi connectivity index (χ1n) is 6.61. The van der Waals surface area contributed by atoms with Crippen LogP contribution in [0.2, 0.25) is 0 Å². The Labute approximate surface area is 123 Å². The topological polar surface area (TPSA) is 104 Å². The second-order valence-electron chi connectivity index (χ2n) is 4.65. The van der Waals surface area contributed by atoms with Gasteiger partial charge in [-0.2, -0.15) is 0 Å². The average Bonchev–Trinajstić information content (AvgIpc) is 2.45. The maximum Gasteiger partial charge on any atom is 0.241 e. The van der Waals surface area contributed by atoms with Crippen molar-refractivity contribution in [2.75, 3.05) is 18.4 Å². The summed E-state index contributed by atoms with van der Waals surface area (Å²) in [6.07, 6.45) is 0.837. The van der Waals surface area contributed by atoms with E-state index in [-0.39, 0.29) is 23.3 Å². The molecule has 1 aliphatic heterocycles. The maximum atomic E-state index is 12.1. The van der Waals surface area contributed by atoms with Crippen molar-refractivity contribution in [2.24, 2.45) is 0 Å². The fraction of sp³-hybridized carbons (Fsp3) is 0.385. The molecule has 2 amide bonds. The number of anilines is 1. The molecule has 0 bridgehead atoms. The fourth-order valence-electron chi connectivity index (χ4n) is 2.03. The van der Waals surface area contributed by atoms with Gasteiger partial charge in [0.1, 0.15) is 0 Å². The van der Waals surface area contributed by atoms with Crippen LogP contribution in [0, 0.1) is 0 Å². The third kappa shape index (κ3) is 3.79. The van der Waals surface area contributed by atoms with Crippen molar-refractivity contribution in [3.63, 3.8) is 0 Å². The molecule has 7 nitrogen and oxygen atoms in total. The molecule has 2 rings (SSSR count). The number of carbonyl (C=O) groups excluding carboxylic acids is 2. The number of hydrogen-bond acceptors (Lipinski definition) is 4. The van der Waals surface area contributed by atoms with Crippen molar-refractivity contribution in [3.05, 3.63) is 23.8 Å². The van der Waals surface area contributed by atoms with Crippen molar-refractivity contribution in [1.29, 1.82) is 0 Å². The summed E-state index contributed by atoms with van der Waals surface area (Å²) in [6.45, 7) is 1.90. The molecule has 0 unspecified atom stereocenters. The van der Waals surface area contributed by atoms with E-state index >= 15 is 0 Å². The second-order valence-corrected chi connectivity index (χ2v) is 6.41. The van der Waals surface area contributed by atoms with Crippen LogP contribution in [0.4, 0.5) is 5.69 Å². The van der Waals surface area contributed by atoms with Gasteiger partial charge in [-0.1, -0.05) is 0 Å². The molecule has 0 radical (unpaired) electrons. The molecule has 21 heavy (non-hydrogen) atoms. The van der Waals surface area contributed by atoms with Crippen LogP contribution in [0.1, 0.15) is 18.9 Å². The van der Waals surface area contributed by atoms with Gasteiger partial charge >= 0.3 is 0 Å². The van der Waals surface area contributed by atoms with Crippen LogP contribution in [0.5, 0.6) is 0 Å². The molecule has 0 aliphatic carbocycles. The number of sulfonamides is 1. The zero-order valence-electron chi connectivity index (χ0n) is 11.6. The van der Waals surface area contributed by atoms with E-state index < -0.39 is 10.0 Å². The maximum absolute atomic E-state index is 12.1. The van der Waals surface area contributed by atoms with Gasteiger partial charge in [-0.05, 0) is 37.1 Å². The van der Waals surface area contributed by atoms with Crippen molar-refractivity contribution >= 4 is 27.5 Å². The van der Waals surface area contributed by atoms with E-state index in [9.17, 15) is 18.0 Å². The molecular weight excluding hydrogens is 294 g/mol. The highest BCUT2D eigenvalue weighted by Gasteiger charge is 2.20. The molecule has 0 spiro atoms. The lowest BCUT2D eigenvalue weighted by molar-refractivity contribution is -0.120. The Kier molecular flexibility index (Phi) is 4.59. The molecule has 114 valence electrons. The summed E-state index contributed by atoms with van der Waals surface area (Å²) in [5, 5.41) is 5.20. The van der Waals surface area contributed by atoms with Gasteiger partial charge in [-0.3, -0.25) is 9.59 Å². The second kappa shape index (κ2) is 6.23. The van der Waals surface area contributed by atoms with Crippen LogP contribution >= 0.6 is 0 Å². The number of fused-ring (bicyclic) bond motifs is 1. The van der Waals surface area contributed by atoms with Gasteiger partial charge < -0.3 is 10.6 Å². The van der Waals surface area contributed by atoms with Gasteiger partial charge in [0.25, 0.3) is 0 Å². The zero-order chi connectivity index (χ0) is 15.5. The summed E-state index contributed by atoms with van der Waals surface area (Å²) < 4.78 is 26.5. The minimum absolute atomic E-state index is 0.0764. The predicted octanol–water partition coefficient (Wildman–Crippen LogP) is -0.0143. The minimum Gasteiger partial charge on any atom is -0.355 e. The lowest BCUT2D eigenvalue weighted by atomic mass is 10.0. The molecule has 1 aromatic rings. The summed E-state index contributed by atoms with van der Waals surface area (Å²) in [7, 11) is -3.74. The van der Waals surface area contributed by atoms with Crippen molar-refractivity contribution in [2.45, 2.75) is 24.7 Å². The van der Waals surface area contributed by atoms with E-state index in [1.54, 1.807) is 13.0 Å². The van der Waals surface area contributed by atoms with Gasteiger partial charge in [0, 0.05) is 18.7 Å². The van der Waals surface area contributed by atoms with E-state index in [1.165, 1.54) is 12.1 Å². The van der Waals surface area contributed by atoms with Crippen LogP contribution in [-0.2, 0) is 26.0 Å². The summed E-state index contributed by atoms with van der Waals surface area (Å²) >= 11 is 0. The highest BCUT2D eigenvalue weighted by atomic mass is 32.2. The molecule has 0 aromatic heterocycles. The number of amides is 2. The summed E-state index contributed by atoms with van der Waals surface area (Å²) in [5.41, 5.74) is 1.41. The Morgan fingerprint density at radius 3 is 2.81 bits per heavy atom. The minimum atomic E-state index is -3.74. The molecule has 0 atom stereocenters. The van der Waals surface area contributed by atoms with Crippen LogP contribution in [0.3, 0.4) is 0 Å². The first-order valence-corrected chi connectivity index (χ1v) is 8.10. The predicted molar refractivity (Wildman–Crippen MR) is 77.3 cm³/mol. The third-order valence-corrected chi connectivity index (χ3v) is 4.48. The SMILES string of the molecule is CCNC(=O)CNS(=O)(=O)c1ccc2c(c1)CCC(=O)N2. The molecule has 0 fully saturated rings. The van der Waals surface area contributed by atoms with Crippen molar-refractivity contribution in [1.82, 2.24) is 10.0 Å². The Morgan fingerprint density at radius 2 is 2.10 bits per heavy atom. The molecule has 0 saturated heterocycles. The highest BCUT2D eigenvalue weighted by Crippen LogP contribution is 2.25. The number of likely N-dealkylation sites (N-methyl/N-ethyl adjacent to an activating group) is 1. The van der Waals surface area contributed by atoms with E-state index in [0.717, 1.165) is 5.56 Å². The number of carbonyl (C=O) groups is 2. The van der Waals surface area contributed by atoms with Crippen molar-refractivity contribution < 1.29 is 18.0 Å². The Morgan fingerprint density at radius 1 is 1.33 bits per heavy atom. The molecule has 1 heterocycles. The van der Waals surface area contributed by atoms with Crippen molar-refractivity contribution in [3.8, 4) is 0 Å². The van der Waals surface area contributed by atoms with Gasteiger partial charge in [-0.15, -0.1) is 0 Å². The largest absolute Gasteiger partial charge is 0.355 e. The molecule has 3 N–H and O–H groups in total. The van der Waals surface area contributed by atoms with Gasteiger partial charge in [0.2, 0.25) is 21.8 Å². The Bertz CT molecular complexity index is 670. The molecule has 0 saturated carbocycles. The number of nitrogens with one attached hydrogen (secondary N) is 3. The summed E-state index contributed by atoms with van der Waals surface area (Å²) in [5.74, 6) is -0.459. The summed E-state index contributed by atoms with van der Waals surface area (Å²) in [4.78, 5) is 22.6. The highest BCUT2D eigenvalue weighted by molar-refractivity contribution is 7.89. The van der Waals surface area contributed by atoms with E-state index in [1.807, 2.05) is 0 Å². The van der Waals surface area contributed by atoms with E-state index in [2.05, 4.69) is 15.4 Å². The number of benzene rings is 1. The van der Waals surface area contributed by atoms with Crippen LogP contribution in [0.15, 0.2) is 23.1 Å². The quantitative estimate of drug-likeness (QED) is 0.711. The monoisotopic (exact) mass is 311 g/mol. The number of hydrogen-bond donors (Lipinski definition) is 3. The molecule has 1 aliphatic rings. The molecular formula is C13H17N3O4S. The van der Waals surface area contributed by atoms with E-state index in [0.29, 0.717) is 25.1 Å². The van der Waals surface area contributed by atoms with E-state index in [4.69, 9.17) is 0 Å².